The van der Waals surface area contributed by atoms with E-state index < -0.39 is 5.92 Å². The van der Waals surface area contributed by atoms with E-state index in [1.54, 1.807) is 21.8 Å². The number of rotatable bonds is 2. The number of nitrogens with one attached hydrogen (secondary N) is 1. The predicted molar refractivity (Wildman–Crippen MR) is 78.8 cm³/mol. The summed E-state index contributed by atoms with van der Waals surface area (Å²) in [6.45, 7) is 0.557. The van der Waals surface area contributed by atoms with Gasteiger partial charge in [0.15, 0.2) is 0 Å². The minimum atomic E-state index is -0.546. The fourth-order valence-corrected chi connectivity index (χ4v) is 2.83. The van der Waals surface area contributed by atoms with Gasteiger partial charge in [-0.15, -0.1) is 0 Å². The van der Waals surface area contributed by atoms with E-state index >= 15 is 0 Å². The number of fused-ring (bicyclic) bond motifs is 1. The first-order valence-corrected chi connectivity index (χ1v) is 6.96. The first-order chi connectivity index (χ1) is 10.8. The van der Waals surface area contributed by atoms with Crippen molar-refractivity contribution in [3.05, 3.63) is 36.8 Å². The van der Waals surface area contributed by atoms with Crippen LogP contribution in [0, 0.1) is 17.2 Å². The summed E-state index contributed by atoms with van der Waals surface area (Å²) in [5.41, 5.74) is 3.45. The molecular formula is C15H12N6O. The van der Waals surface area contributed by atoms with Crippen molar-refractivity contribution in [3.63, 3.8) is 0 Å². The van der Waals surface area contributed by atoms with Crippen LogP contribution in [-0.4, -0.2) is 32.3 Å². The van der Waals surface area contributed by atoms with Gasteiger partial charge in [0.05, 0.1) is 23.0 Å². The average molecular weight is 292 g/mol. The Morgan fingerprint density at radius 2 is 2.27 bits per heavy atom. The predicted octanol–water partition coefficient (Wildman–Crippen LogP) is 1.60. The maximum atomic E-state index is 12.3. The lowest BCUT2D eigenvalue weighted by atomic mass is 10.1. The van der Waals surface area contributed by atoms with Gasteiger partial charge in [-0.05, 0) is 24.6 Å². The highest BCUT2D eigenvalue weighted by atomic mass is 16.2. The average Bonchev–Trinajstić information content (AvgIpc) is 3.25. The minimum Gasteiger partial charge on any atom is -0.309 e. The molecule has 1 aliphatic rings. The van der Waals surface area contributed by atoms with Gasteiger partial charge in [-0.1, -0.05) is 0 Å². The topological polar surface area (TPSA) is 90.1 Å². The fourth-order valence-electron chi connectivity index (χ4n) is 2.83. The lowest BCUT2D eigenvalue weighted by Crippen LogP contribution is -2.27. The zero-order chi connectivity index (χ0) is 15.1. The summed E-state index contributed by atoms with van der Waals surface area (Å²) in [5.74, 6) is -0.685. The highest BCUT2D eigenvalue weighted by molar-refractivity contribution is 6.02. The molecule has 1 fully saturated rings. The summed E-state index contributed by atoms with van der Waals surface area (Å²) in [7, 11) is 0. The van der Waals surface area contributed by atoms with E-state index in [2.05, 4.69) is 21.4 Å². The minimum absolute atomic E-state index is 0.139. The number of carbonyl (C=O) groups is 1. The van der Waals surface area contributed by atoms with Crippen LogP contribution >= 0.6 is 0 Å². The van der Waals surface area contributed by atoms with Gasteiger partial charge in [-0.3, -0.25) is 9.89 Å². The van der Waals surface area contributed by atoms with Crippen molar-refractivity contribution in [1.82, 2.24) is 19.8 Å². The summed E-state index contributed by atoms with van der Waals surface area (Å²) in [6.07, 6.45) is 5.80. The third-order valence-electron chi connectivity index (χ3n) is 3.95. The molecule has 3 aromatic heterocycles. The lowest BCUT2D eigenvalue weighted by Gasteiger charge is -2.16. The van der Waals surface area contributed by atoms with Gasteiger partial charge in [0, 0.05) is 30.7 Å². The number of nitrogens with zero attached hydrogens (tertiary/aromatic N) is 5. The molecule has 0 bridgehead atoms. The van der Waals surface area contributed by atoms with Crippen molar-refractivity contribution in [2.24, 2.45) is 5.92 Å². The van der Waals surface area contributed by atoms with Crippen molar-refractivity contribution in [2.75, 3.05) is 11.4 Å². The van der Waals surface area contributed by atoms with Crippen LogP contribution in [0.1, 0.15) is 6.42 Å². The smallest absolute Gasteiger partial charge is 0.244 e. The van der Waals surface area contributed by atoms with Gasteiger partial charge in [-0.2, -0.15) is 15.5 Å². The first kappa shape index (κ1) is 12.6. The molecule has 108 valence electrons. The Morgan fingerprint density at radius 3 is 3.00 bits per heavy atom. The molecule has 4 rings (SSSR count). The number of aromatic nitrogens is 4. The number of amides is 1. The van der Waals surface area contributed by atoms with E-state index in [1.165, 1.54) is 0 Å². The van der Waals surface area contributed by atoms with Crippen LogP contribution in [0.15, 0.2) is 36.8 Å². The van der Waals surface area contributed by atoms with Crippen LogP contribution < -0.4 is 4.90 Å². The third kappa shape index (κ3) is 1.78. The molecule has 0 radical (unpaired) electrons. The van der Waals surface area contributed by atoms with Crippen molar-refractivity contribution in [3.8, 4) is 17.3 Å². The van der Waals surface area contributed by atoms with Crippen molar-refractivity contribution in [1.29, 1.82) is 5.26 Å². The number of nitriles is 1. The Labute approximate surface area is 125 Å². The van der Waals surface area contributed by atoms with Gasteiger partial charge >= 0.3 is 0 Å². The Hall–Kier alpha value is -3.14. The second-order valence-corrected chi connectivity index (χ2v) is 5.21. The summed E-state index contributed by atoms with van der Waals surface area (Å²) in [4.78, 5) is 13.9. The summed E-state index contributed by atoms with van der Waals surface area (Å²) < 4.78 is 1.73. The van der Waals surface area contributed by atoms with Crippen LogP contribution in [0.4, 0.5) is 5.69 Å². The molecule has 1 N–H and O–H groups in total. The van der Waals surface area contributed by atoms with Gasteiger partial charge in [0.1, 0.15) is 5.92 Å². The standard InChI is InChI=1S/C15H12N6O/c16-8-10-3-6-20(15(10)22)13-2-5-18-21-9-11(7-14(13)21)12-1-4-17-19-12/h1-2,4-5,7,9-10H,3,6H2,(H,17,19). The number of hydrogen-bond acceptors (Lipinski definition) is 4. The van der Waals surface area contributed by atoms with Gasteiger partial charge in [0.25, 0.3) is 0 Å². The van der Waals surface area contributed by atoms with Crippen molar-refractivity contribution in [2.45, 2.75) is 6.42 Å². The largest absolute Gasteiger partial charge is 0.309 e. The van der Waals surface area contributed by atoms with E-state index in [1.807, 2.05) is 24.4 Å². The van der Waals surface area contributed by atoms with E-state index in [-0.39, 0.29) is 5.91 Å². The molecule has 0 aliphatic carbocycles. The molecular weight excluding hydrogens is 280 g/mol. The number of H-pyrrole nitrogens is 1. The highest BCUT2D eigenvalue weighted by Gasteiger charge is 2.33. The molecule has 4 heterocycles. The summed E-state index contributed by atoms with van der Waals surface area (Å²) >= 11 is 0. The van der Waals surface area contributed by atoms with Crippen LogP contribution in [0.3, 0.4) is 0 Å². The van der Waals surface area contributed by atoms with Crippen LogP contribution in [0.25, 0.3) is 16.8 Å². The van der Waals surface area contributed by atoms with E-state index in [4.69, 9.17) is 5.26 Å². The Bertz CT molecular complexity index is 889. The van der Waals surface area contributed by atoms with Crippen LogP contribution in [-0.2, 0) is 4.79 Å². The van der Waals surface area contributed by atoms with Crippen molar-refractivity contribution < 1.29 is 4.79 Å². The number of hydrogen-bond donors (Lipinski definition) is 1. The maximum absolute atomic E-state index is 12.3. The molecule has 1 amide bonds. The molecule has 22 heavy (non-hydrogen) atoms. The quantitative estimate of drug-likeness (QED) is 0.776. The molecule has 1 atom stereocenters. The zero-order valence-electron chi connectivity index (χ0n) is 11.6. The molecule has 7 nitrogen and oxygen atoms in total. The molecule has 7 heteroatoms. The molecule has 1 aliphatic heterocycles. The van der Waals surface area contributed by atoms with E-state index in [9.17, 15) is 4.79 Å². The number of aromatic amines is 1. The van der Waals surface area contributed by atoms with Crippen LogP contribution in [0.5, 0.6) is 0 Å². The van der Waals surface area contributed by atoms with Gasteiger partial charge in [-0.25, -0.2) is 4.52 Å². The van der Waals surface area contributed by atoms with Crippen molar-refractivity contribution >= 4 is 17.1 Å². The fraction of sp³-hybridized carbons (Fsp3) is 0.200. The molecule has 0 aromatic carbocycles. The lowest BCUT2D eigenvalue weighted by molar-refractivity contribution is -0.118. The van der Waals surface area contributed by atoms with E-state index in [0.717, 1.165) is 22.5 Å². The maximum Gasteiger partial charge on any atom is 0.244 e. The second-order valence-electron chi connectivity index (χ2n) is 5.21. The molecule has 3 aromatic rings. The SMILES string of the molecule is N#CC1CCN(c2ccnn3cc(-c4ccn[nH]4)cc23)C1=O. The van der Waals surface area contributed by atoms with Crippen LogP contribution in [0.2, 0.25) is 0 Å². The number of anilines is 1. The van der Waals surface area contributed by atoms with E-state index in [0.29, 0.717) is 13.0 Å². The summed E-state index contributed by atoms with van der Waals surface area (Å²) in [5, 5.41) is 20.2. The normalized spacial score (nSPS) is 18.0. The monoisotopic (exact) mass is 292 g/mol. The molecule has 1 saturated heterocycles. The second kappa shape index (κ2) is 4.70. The summed E-state index contributed by atoms with van der Waals surface area (Å²) in [6, 6.07) is 7.71. The van der Waals surface area contributed by atoms with Gasteiger partial charge < -0.3 is 4.90 Å². The Morgan fingerprint density at radius 1 is 1.36 bits per heavy atom. The Balaban J connectivity index is 1.82. The molecule has 0 saturated carbocycles. The first-order valence-electron chi connectivity index (χ1n) is 6.96. The Kier molecular flexibility index (Phi) is 2.69. The highest BCUT2D eigenvalue weighted by Crippen LogP contribution is 2.31. The molecule has 0 spiro atoms. The number of carbonyl (C=O) groups excluding carboxylic acids is 1. The zero-order valence-corrected chi connectivity index (χ0v) is 11.6. The third-order valence-corrected chi connectivity index (χ3v) is 3.95. The van der Waals surface area contributed by atoms with Gasteiger partial charge in [0.2, 0.25) is 5.91 Å². The molecule has 1 unspecified atom stereocenters.